The SMILES string of the molecule is NCCc1ccc(-c2cccc(C(=O)O)c2)cc1. The van der Waals surface area contributed by atoms with Crippen LogP contribution in [0.2, 0.25) is 0 Å². The van der Waals surface area contributed by atoms with Crippen LogP contribution < -0.4 is 5.73 Å². The maximum atomic E-state index is 10.9. The lowest BCUT2D eigenvalue weighted by Crippen LogP contribution is -2.02. The lowest BCUT2D eigenvalue weighted by Gasteiger charge is -2.05. The third-order valence-corrected chi connectivity index (χ3v) is 2.83. The van der Waals surface area contributed by atoms with Crippen molar-refractivity contribution in [2.45, 2.75) is 6.42 Å². The Labute approximate surface area is 106 Å². The van der Waals surface area contributed by atoms with Crippen LogP contribution in [0.5, 0.6) is 0 Å². The first-order valence-electron chi connectivity index (χ1n) is 5.83. The standard InChI is InChI=1S/C15H15NO2/c16-9-8-11-4-6-12(7-5-11)13-2-1-3-14(10-13)15(17)18/h1-7,10H,8-9,16H2,(H,17,18). The summed E-state index contributed by atoms with van der Waals surface area (Å²) in [4.78, 5) is 10.9. The van der Waals surface area contributed by atoms with Gasteiger partial charge in [0.25, 0.3) is 0 Å². The minimum atomic E-state index is -0.906. The average molecular weight is 241 g/mol. The van der Waals surface area contributed by atoms with Gasteiger partial charge in [0.1, 0.15) is 0 Å². The van der Waals surface area contributed by atoms with Gasteiger partial charge in [0, 0.05) is 0 Å². The van der Waals surface area contributed by atoms with E-state index in [9.17, 15) is 4.79 Å². The maximum Gasteiger partial charge on any atom is 0.335 e. The van der Waals surface area contributed by atoms with Gasteiger partial charge in [-0.15, -0.1) is 0 Å². The molecule has 0 aromatic heterocycles. The molecule has 0 radical (unpaired) electrons. The topological polar surface area (TPSA) is 63.3 Å². The van der Waals surface area contributed by atoms with E-state index in [0.29, 0.717) is 12.1 Å². The molecule has 18 heavy (non-hydrogen) atoms. The Kier molecular flexibility index (Phi) is 3.75. The number of carbonyl (C=O) groups is 1. The van der Waals surface area contributed by atoms with Crippen molar-refractivity contribution in [2.75, 3.05) is 6.54 Å². The molecule has 0 unspecified atom stereocenters. The van der Waals surface area contributed by atoms with Gasteiger partial charge in [0.05, 0.1) is 5.56 Å². The molecule has 2 rings (SSSR count). The Balaban J connectivity index is 2.30. The third kappa shape index (κ3) is 2.76. The van der Waals surface area contributed by atoms with E-state index in [0.717, 1.165) is 17.5 Å². The fraction of sp³-hybridized carbons (Fsp3) is 0.133. The predicted molar refractivity (Wildman–Crippen MR) is 71.6 cm³/mol. The van der Waals surface area contributed by atoms with Crippen LogP contribution in [-0.4, -0.2) is 17.6 Å². The summed E-state index contributed by atoms with van der Waals surface area (Å²) >= 11 is 0. The molecule has 3 N–H and O–H groups in total. The van der Waals surface area contributed by atoms with Gasteiger partial charge in [-0.3, -0.25) is 0 Å². The number of nitrogens with two attached hydrogens (primary N) is 1. The van der Waals surface area contributed by atoms with Crippen molar-refractivity contribution in [3.63, 3.8) is 0 Å². The second-order valence-corrected chi connectivity index (χ2v) is 4.12. The number of carboxylic acids is 1. The Morgan fingerprint density at radius 3 is 2.39 bits per heavy atom. The number of aromatic carboxylic acids is 1. The fourth-order valence-electron chi connectivity index (χ4n) is 1.86. The van der Waals surface area contributed by atoms with E-state index in [-0.39, 0.29) is 0 Å². The summed E-state index contributed by atoms with van der Waals surface area (Å²) in [5.41, 5.74) is 8.92. The van der Waals surface area contributed by atoms with Crippen LogP contribution in [-0.2, 0) is 6.42 Å². The number of benzene rings is 2. The molecule has 0 heterocycles. The molecular weight excluding hydrogens is 226 g/mol. The van der Waals surface area contributed by atoms with E-state index in [1.807, 2.05) is 30.3 Å². The van der Waals surface area contributed by atoms with Crippen LogP contribution in [0.4, 0.5) is 0 Å². The first-order chi connectivity index (χ1) is 8.70. The van der Waals surface area contributed by atoms with Gasteiger partial charge in [0.2, 0.25) is 0 Å². The van der Waals surface area contributed by atoms with E-state index in [1.54, 1.807) is 18.2 Å². The molecule has 0 spiro atoms. The van der Waals surface area contributed by atoms with E-state index in [2.05, 4.69) is 0 Å². The summed E-state index contributed by atoms with van der Waals surface area (Å²) in [6.07, 6.45) is 0.857. The molecule has 92 valence electrons. The lowest BCUT2D eigenvalue weighted by molar-refractivity contribution is 0.0697. The fourth-order valence-corrected chi connectivity index (χ4v) is 1.86. The molecule has 0 saturated heterocycles. The predicted octanol–water partition coefficient (Wildman–Crippen LogP) is 2.55. The van der Waals surface area contributed by atoms with Gasteiger partial charge in [0.15, 0.2) is 0 Å². The second kappa shape index (κ2) is 5.47. The van der Waals surface area contributed by atoms with Crippen LogP contribution >= 0.6 is 0 Å². The Morgan fingerprint density at radius 2 is 1.78 bits per heavy atom. The van der Waals surface area contributed by atoms with Gasteiger partial charge in [-0.2, -0.15) is 0 Å². The van der Waals surface area contributed by atoms with Crippen LogP contribution in [0.25, 0.3) is 11.1 Å². The van der Waals surface area contributed by atoms with Gasteiger partial charge >= 0.3 is 5.97 Å². The molecule has 0 aliphatic carbocycles. The Hall–Kier alpha value is -2.13. The summed E-state index contributed by atoms with van der Waals surface area (Å²) in [6, 6.07) is 15.0. The van der Waals surface area contributed by atoms with E-state index >= 15 is 0 Å². The highest BCUT2D eigenvalue weighted by Gasteiger charge is 2.04. The highest BCUT2D eigenvalue weighted by molar-refractivity contribution is 5.89. The van der Waals surface area contributed by atoms with E-state index < -0.39 is 5.97 Å². The minimum absolute atomic E-state index is 0.304. The third-order valence-electron chi connectivity index (χ3n) is 2.83. The van der Waals surface area contributed by atoms with Crippen LogP contribution in [0.1, 0.15) is 15.9 Å². The molecule has 0 saturated carbocycles. The Bertz CT molecular complexity index is 547. The largest absolute Gasteiger partial charge is 0.478 e. The van der Waals surface area contributed by atoms with Crippen LogP contribution in [0.3, 0.4) is 0 Å². The van der Waals surface area contributed by atoms with Gasteiger partial charge in [-0.25, -0.2) is 4.79 Å². The zero-order valence-electron chi connectivity index (χ0n) is 9.97. The van der Waals surface area contributed by atoms with Gasteiger partial charge in [-0.05, 0) is 41.8 Å². The number of carboxylic acid groups (broad SMARTS) is 1. The summed E-state index contributed by atoms with van der Waals surface area (Å²) in [7, 11) is 0. The smallest absolute Gasteiger partial charge is 0.335 e. The molecule has 3 nitrogen and oxygen atoms in total. The Morgan fingerprint density at radius 1 is 1.06 bits per heavy atom. The number of hydrogen-bond donors (Lipinski definition) is 2. The first kappa shape index (κ1) is 12.3. The molecule has 0 amide bonds. The zero-order chi connectivity index (χ0) is 13.0. The minimum Gasteiger partial charge on any atom is -0.478 e. The first-order valence-corrected chi connectivity index (χ1v) is 5.83. The zero-order valence-corrected chi connectivity index (χ0v) is 9.97. The molecule has 0 aliphatic rings. The summed E-state index contributed by atoms with van der Waals surface area (Å²) < 4.78 is 0. The summed E-state index contributed by atoms with van der Waals surface area (Å²) in [5.74, 6) is -0.906. The van der Waals surface area contributed by atoms with Crippen molar-refractivity contribution < 1.29 is 9.90 Å². The van der Waals surface area contributed by atoms with E-state index in [1.165, 1.54) is 5.56 Å². The van der Waals surface area contributed by atoms with Crippen molar-refractivity contribution in [3.05, 3.63) is 59.7 Å². The highest BCUT2D eigenvalue weighted by Crippen LogP contribution is 2.21. The molecule has 3 heteroatoms. The van der Waals surface area contributed by atoms with Crippen molar-refractivity contribution in [1.82, 2.24) is 0 Å². The second-order valence-electron chi connectivity index (χ2n) is 4.12. The number of rotatable bonds is 4. The normalized spacial score (nSPS) is 10.3. The quantitative estimate of drug-likeness (QED) is 0.864. The molecular formula is C15H15NO2. The maximum absolute atomic E-state index is 10.9. The highest BCUT2D eigenvalue weighted by atomic mass is 16.4. The van der Waals surface area contributed by atoms with Gasteiger partial charge in [-0.1, -0.05) is 36.4 Å². The van der Waals surface area contributed by atoms with Crippen molar-refractivity contribution in [3.8, 4) is 11.1 Å². The van der Waals surface area contributed by atoms with Crippen molar-refractivity contribution in [1.29, 1.82) is 0 Å². The average Bonchev–Trinajstić information content (AvgIpc) is 2.40. The number of hydrogen-bond acceptors (Lipinski definition) is 2. The van der Waals surface area contributed by atoms with Crippen LogP contribution in [0.15, 0.2) is 48.5 Å². The molecule has 2 aromatic carbocycles. The summed E-state index contributed by atoms with van der Waals surface area (Å²) in [5, 5.41) is 8.96. The molecule has 0 fully saturated rings. The van der Waals surface area contributed by atoms with E-state index in [4.69, 9.17) is 10.8 Å². The molecule has 2 aromatic rings. The van der Waals surface area contributed by atoms with Crippen LogP contribution in [0, 0.1) is 0 Å². The summed E-state index contributed by atoms with van der Waals surface area (Å²) in [6.45, 7) is 0.633. The monoisotopic (exact) mass is 241 g/mol. The van der Waals surface area contributed by atoms with Crippen molar-refractivity contribution in [2.24, 2.45) is 5.73 Å². The van der Waals surface area contributed by atoms with Crippen molar-refractivity contribution >= 4 is 5.97 Å². The molecule has 0 aliphatic heterocycles. The van der Waals surface area contributed by atoms with Gasteiger partial charge < -0.3 is 10.8 Å². The molecule has 0 bridgehead atoms. The lowest BCUT2D eigenvalue weighted by atomic mass is 10.0. The molecule has 0 atom stereocenters.